The average molecular weight is 302 g/mol. The Kier molecular flexibility index (Phi) is 4.57. The number of carbonyl (C=O) groups excluding carboxylic acids is 1. The molecule has 0 aromatic heterocycles. The Hall–Kier alpha value is -3.09. The summed E-state index contributed by atoms with van der Waals surface area (Å²) in [6, 6.07) is 10.9. The number of nitrogens with one attached hydrogen (secondary N) is 1. The zero-order valence-electron chi connectivity index (χ0n) is 12.0. The van der Waals surface area contributed by atoms with Gasteiger partial charge in [-0.2, -0.15) is 0 Å². The smallest absolute Gasteiger partial charge is 0.417 e. The molecule has 0 fully saturated rings. The van der Waals surface area contributed by atoms with Gasteiger partial charge in [-0.15, -0.1) is 0 Å². The van der Waals surface area contributed by atoms with Gasteiger partial charge in [-0.1, -0.05) is 6.07 Å². The van der Waals surface area contributed by atoms with Crippen LogP contribution >= 0.6 is 0 Å². The van der Waals surface area contributed by atoms with Gasteiger partial charge in [0.15, 0.2) is 0 Å². The highest BCUT2D eigenvalue weighted by Gasteiger charge is 2.16. The Morgan fingerprint density at radius 2 is 1.77 bits per heavy atom. The average Bonchev–Trinajstić information content (AvgIpc) is 2.49. The minimum absolute atomic E-state index is 0.0779. The third kappa shape index (κ3) is 3.72. The highest BCUT2D eigenvalue weighted by Crippen LogP contribution is 2.25. The number of carbonyl (C=O) groups is 1. The van der Waals surface area contributed by atoms with E-state index in [4.69, 9.17) is 9.47 Å². The lowest BCUT2D eigenvalue weighted by Crippen LogP contribution is -2.17. The lowest BCUT2D eigenvalue weighted by Gasteiger charge is -2.08. The lowest BCUT2D eigenvalue weighted by molar-refractivity contribution is -0.384. The molecule has 2 aromatic carbocycles. The normalized spacial score (nSPS) is 9.91. The second-order valence-corrected chi connectivity index (χ2v) is 4.47. The van der Waals surface area contributed by atoms with E-state index in [-0.39, 0.29) is 11.4 Å². The molecule has 7 heteroatoms. The summed E-state index contributed by atoms with van der Waals surface area (Å²) in [5, 5.41) is 13.3. The molecule has 7 nitrogen and oxygen atoms in total. The van der Waals surface area contributed by atoms with Crippen LogP contribution < -0.4 is 14.8 Å². The SMILES string of the molecule is COc1ccc(OC(=O)Nc2ccc(C)cc2[N+](=O)[O-])cc1. The van der Waals surface area contributed by atoms with E-state index in [1.165, 1.54) is 19.2 Å². The summed E-state index contributed by atoms with van der Waals surface area (Å²) in [6.45, 7) is 1.73. The van der Waals surface area contributed by atoms with Crippen LogP contribution in [0.4, 0.5) is 16.2 Å². The quantitative estimate of drug-likeness (QED) is 0.689. The molecule has 0 heterocycles. The van der Waals surface area contributed by atoms with E-state index >= 15 is 0 Å². The van der Waals surface area contributed by atoms with Gasteiger partial charge in [-0.05, 0) is 42.8 Å². The predicted octanol–water partition coefficient (Wildman–Crippen LogP) is 3.52. The first-order chi connectivity index (χ1) is 10.5. The van der Waals surface area contributed by atoms with Crippen molar-refractivity contribution in [1.29, 1.82) is 0 Å². The van der Waals surface area contributed by atoms with Crippen LogP contribution in [0.15, 0.2) is 42.5 Å². The second-order valence-electron chi connectivity index (χ2n) is 4.47. The van der Waals surface area contributed by atoms with Gasteiger partial charge in [0.05, 0.1) is 12.0 Å². The lowest BCUT2D eigenvalue weighted by atomic mass is 10.2. The Morgan fingerprint density at radius 3 is 2.36 bits per heavy atom. The fourth-order valence-electron chi connectivity index (χ4n) is 1.78. The van der Waals surface area contributed by atoms with Crippen molar-refractivity contribution in [2.45, 2.75) is 6.92 Å². The van der Waals surface area contributed by atoms with Crippen LogP contribution in [-0.4, -0.2) is 18.1 Å². The topological polar surface area (TPSA) is 90.7 Å². The number of nitro benzene ring substituents is 1. The number of aryl methyl sites for hydroxylation is 1. The van der Waals surface area contributed by atoms with Gasteiger partial charge >= 0.3 is 6.09 Å². The maximum atomic E-state index is 11.8. The summed E-state index contributed by atoms with van der Waals surface area (Å²) < 4.78 is 10.0. The van der Waals surface area contributed by atoms with Gasteiger partial charge in [0, 0.05) is 6.07 Å². The highest BCUT2D eigenvalue weighted by atomic mass is 16.6. The number of nitro groups is 1. The zero-order chi connectivity index (χ0) is 16.1. The van der Waals surface area contributed by atoms with Crippen molar-refractivity contribution >= 4 is 17.5 Å². The molecule has 1 amide bonds. The van der Waals surface area contributed by atoms with E-state index < -0.39 is 11.0 Å². The van der Waals surface area contributed by atoms with E-state index in [0.717, 1.165) is 5.56 Å². The van der Waals surface area contributed by atoms with E-state index in [2.05, 4.69) is 5.32 Å². The molecule has 0 unspecified atom stereocenters. The van der Waals surface area contributed by atoms with Crippen molar-refractivity contribution in [3.05, 3.63) is 58.1 Å². The third-order valence-electron chi connectivity index (χ3n) is 2.86. The number of rotatable bonds is 4. The monoisotopic (exact) mass is 302 g/mol. The van der Waals surface area contributed by atoms with Crippen LogP contribution in [0.25, 0.3) is 0 Å². The molecule has 1 N–H and O–H groups in total. The summed E-state index contributed by atoms with van der Waals surface area (Å²) in [5.74, 6) is 0.926. The van der Waals surface area contributed by atoms with E-state index in [1.807, 2.05) is 0 Å². The first kappa shape index (κ1) is 15.3. The summed E-state index contributed by atoms with van der Waals surface area (Å²) in [7, 11) is 1.53. The highest BCUT2D eigenvalue weighted by molar-refractivity contribution is 5.89. The second kappa shape index (κ2) is 6.57. The standard InChI is InChI=1S/C15H14N2O5/c1-10-3-8-13(14(9-10)17(19)20)16-15(18)22-12-6-4-11(21-2)5-7-12/h3-9H,1-2H3,(H,16,18). The van der Waals surface area contributed by atoms with Gasteiger partial charge in [-0.3, -0.25) is 15.4 Å². The van der Waals surface area contributed by atoms with E-state index in [0.29, 0.717) is 11.5 Å². The number of nitrogens with zero attached hydrogens (tertiary/aromatic N) is 1. The summed E-state index contributed by atoms with van der Waals surface area (Å²) in [5.41, 5.74) is 0.613. The van der Waals surface area contributed by atoms with Gasteiger partial charge in [0.1, 0.15) is 17.2 Å². The Morgan fingerprint density at radius 1 is 1.14 bits per heavy atom. The molecule has 0 bridgehead atoms. The van der Waals surface area contributed by atoms with Crippen molar-refractivity contribution in [3.63, 3.8) is 0 Å². The number of anilines is 1. The van der Waals surface area contributed by atoms with Crippen molar-refractivity contribution in [3.8, 4) is 11.5 Å². The number of hydrogen-bond acceptors (Lipinski definition) is 5. The van der Waals surface area contributed by atoms with E-state index in [1.54, 1.807) is 37.3 Å². The molecule has 0 aliphatic carbocycles. The Balaban J connectivity index is 2.10. The maximum Gasteiger partial charge on any atom is 0.417 e. The van der Waals surface area contributed by atoms with Gasteiger partial charge < -0.3 is 9.47 Å². The third-order valence-corrected chi connectivity index (χ3v) is 2.86. The molecule has 0 spiro atoms. The minimum atomic E-state index is -0.808. The van der Waals surface area contributed by atoms with Crippen molar-refractivity contribution in [1.82, 2.24) is 0 Å². The van der Waals surface area contributed by atoms with Gasteiger partial charge in [0.2, 0.25) is 0 Å². The zero-order valence-corrected chi connectivity index (χ0v) is 12.0. The molecule has 0 atom stereocenters. The van der Waals surface area contributed by atoms with Crippen LogP contribution in [0.2, 0.25) is 0 Å². The van der Waals surface area contributed by atoms with E-state index in [9.17, 15) is 14.9 Å². The van der Waals surface area contributed by atoms with Gasteiger partial charge in [-0.25, -0.2) is 4.79 Å². The van der Waals surface area contributed by atoms with Crippen molar-refractivity contribution < 1.29 is 19.2 Å². The molecule has 0 saturated carbocycles. The molecule has 22 heavy (non-hydrogen) atoms. The molecule has 2 rings (SSSR count). The van der Waals surface area contributed by atoms with Crippen LogP contribution in [0.5, 0.6) is 11.5 Å². The molecule has 0 aliphatic rings. The first-order valence-corrected chi connectivity index (χ1v) is 6.37. The van der Waals surface area contributed by atoms with Crippen molar-refractivity contribution in [2.24, 2.45) is 0 Å². The summed E-state index contributed by atoms with van der Waals surface area (Å²) in [4.78, 5) is 22.2. The Bertz CT molecular complexity index is 698. The molecule has 114 valence electrons. The van der Waals surface area contributed by atoms with Gasteiger partial charge in [0.25, 0.3) is 5.69 Å². The fourth-order valence-corrected chi connectivity index (χ4v) is 1.78. The van der Waals surface area contributed by atoms with Crippen molar-refractivity contribution in [2.75, 3.05) is 12.4 Å². The predicted molar refractivity (Wildman–Crippen MR) is 80.5 cm³/mol. The molecule has 0 radical (unpaired) electrons. The van der Waals surface area contributed by atoms with Crippen LogP contribution in [0.1, 0.15) is 5.56 Å². The molecular formula is C15H14N2O5. The van der Waals surface area contributed by atoms with Crippen LogP contribution in [0.3, 0.4) is 0 Å². The number of hydrogen-bond donors (Lipinski definition) is 1. The largest absolute Gasteiger partial charge is 0.497 e. The van der Waals surface area contributed by atoms with Crippen LogP contribution in [0, 0.1) is 17.0 Å². The molecular weight excluding hydrogens is 288 g/mol. The Labute approximate surface area is 126 Å². The summed E-state index contributed by atoms with van der Waals surface area (Å²) in [6.07, 6.45) is -0.808. The molecule has 2 aromatic rings. The first-order valence-electron chi connectivity index (χ1n) is 6.37. The number of benzene rings is 2. The number of methoxy groups -OCH3 is 1. The molecule has 0 aliphatic heterocycles. The number of amides is 1. The summed E-state index contributed by atoms with van der Waals surface area (Å²) >= 11 is 0. The number of ether oxygens (including phenoxy) is 2. The van der Waals surface area contributed by atoms with Crippen LogP contribution in [-0.2, 0) is 0 Å². The fraction of sp³-hybridized carbons (Fsp3) is 0.133. The minimum Gasteiger partial charge on any atom is -0.497 e. The molecule has 0 saturated heterocycles. The maximum absolute atomic E-state index is 11.8.